The molecule has 1 aromatic rings. The molecule has 1 unspecified atom stereocenters. The van der Waals surface area contributed by atoms with Gasteiger partial charge in [-0.05, 0) is 36.8 Å². The molecule has 2 rings (SSSR count). The lowest BCUT2D eigenvalue weighted by Gasteiger charge is -2.24. The van der Waals surface area contributed by atoms with Crippen molar-refractivity contribution in [2.75, 3.05) is 6.54 Å². The van der Waals surface area contributed by atoms with E-state index in [1.54, 1.807) is 0 Å². The third kappa shape index (κ3) is 4.11. The van der Waals surface area contributed by atoms with Crippen LogP contribution in [0.25, 0.3) is 0 Å². The number of aliphatic hydroxyl groups is 1. The van der Waals surface area contributed by atoms with Crippen LogP contribution in [0.5, 0.6) is 0 Å². The molecular weight excluding hydrogens is 222 g/mol. The normalized spacial score (nSPS) is 18.9. The maximum atomic E-state index is 10.4. The average molecular weight is 247 g/mol. The summed E-state index contributed by atoms with van der Waals surface area (Å²) in [5.41, 5.74) is 1.92. The zero-order valence-electron chi connectivity index (χ0n) is 11.7. The maximum absolute atomic E-state index is 10.4. The molecule has 100 valence electrons. The third-order valence-corrected chi connectivity index (χ3v) is 3.58. The summed E-state index contributed by atoms with van der Waals surface area (Å²) in [5, 5.41) is 13.8. The smallest absolute Gasteiger partial charge is 0.0783 e. The minimum absolute atomic E-state index is 0.566. The number of hydrogen-bond donors (Lipinski definition) is 2. The van der Waals surface area contributed by atoms with Crippen LogP contribution in [0.15, 0.2) is 24.3 Å². The molecule has 0 aliphatic heterocycles. The van der Waals surface area contributed by atoms with Crippen molar-refractivity contribution in [2.24, 2.45) is 0 Å². The van der Waals surface area contributed by atoms with Gasteiger partial charge in [0.2, 0.25) is 0 Å². The molecule has 1 atom stereocenters. The highest BCUT2D eigenvalue weighted by Gasteiger charge is 2.26. The van der Waals surface area contributed by atoms with Gasteiger partial charge in [0.1, 0.15) is 0 Å². The van der Waals surface area contributed by atoms with E-state index in [9.17, 15) is 5.11 Å². The highest BCUT2D eigenvalue weighted by Crippen LogP contribution is 2.21. The molecule has 1 aliphatic carbocycles. The van der Waals surface area contributed by atoms with Gasteiger partial charge in [-0.1, -0.05) is 38.1 Å². The van der Waals surface area contributed by atoms with Gasteiger partial charge in [0.15, 0.2) is 0 Å². The van der Waals surface area contributed by atoms with Crippen LogP contribution in [0.3, 0.4) is 0 Å². The van der Waals surface area contributed by atoms with E-state index in [2.05, 4.69) is 43.4 Å². The van der Waals surface area contributed by atoms with E-state index in [0.29, 0.717) is 24.9 Å². The van der Waals surface area contributed by atoms with Crippen LogP contribution in [0.4, 0.5) is 0 Å². The monoisotopic (exact) mass is 247 g/mol. The van der Waals surface area contributed by atoms with E-state index in [0.717, 1.165) is 0 Å². The van der Waals surface area contributed by atoms with Gasteiger partial charge in [0, 0.05) is 19.0 Å². The van der Waals surface area contributed by atoms with Crippen molar-refractivity contribution >= 4 is 0 Å². The molecule has 0 saturated heterocycles. The molecule has 1 saturated carbocycles. The summed E-state index contributed by atoms with van der Waals surface area (Å²) in [6.07, 6.45) is 3.24. The Bertz CT molecular complexity index is 377. The quantitative estimate of drug-likeness (QED) is 0.810. The minimum atomic E-state index is -0.651. The summed E-state index contributed by atoms with van der Waals surface area (Å²) in [6, 6.07) is 9.27. The van der Waals surface area contributed by atoms with Crippen molar-refractivity contribution in [1.29, 1.82) is 0 Å². The van der Waals surface area contributed by atoms with E-state index in [-0.39, 0.29) is 0 Å². The fourth-order valence-electron chi connectivity index (χ4n) is 2.17. The Hall–Kier alpha value is -0.860. The zero-order valence-corrected chi connectivity index (χ0v) is 11.7. The fourth-order valence-corrected chi connectivity index (χ4v) is 2.17. The summed E-state index contributed by atoms with van der Waals surface area (Å²) in [5.74, 6) is 0.566. The van der Waals surface area contributed by atoms with E-state index < -0.39 is 5.60 Å². The second-order valence-electron chi connectivity index (χ2n) is 6.23. The first-order valence-corrected chi connectivity index (χ1v) is 7.01. The second kappa shape index (κ2) is 5.41. The highest BCUT2D eigenvalue weighted by atomic mass is 16.3. The first-order chi connectivity index (χ1) is 8.46. The summed E-state index contributed by atoms with van der Waals surface area (Å²) in [4.78, 5) is 0. The Labute approximate surface area is 110 Å². The summed E-state index contributed by atoms with van der Waals surface area (Å²) in [7, 11) is 0. The molecule has 0 heterocycles. The topological polar surface area (TPSA) is 32.3 Å². The van der Waals surface area contributed by atoms with Gasteiger partial charge in [-0.15, -0.1) is 0 Å². The molecular formula is C16H25NO. The van der Waals surface area contributed by atoms with Crippen molar-refractivity contribution in [3.05, 3.63) is 35.4 Å². The van der Waals surface area contributed by atoms with Crippen molar-refractivity contribution in [2.45, 2.75) is 57.6 Å². The van der Waals surface area contributed by atoms with Gasteiger partial charge in [-0.2, -0.15) is 0 Å². The molecule has 1 fully saturated rings. The summed E-state index contributed by atoms with van der Waals surface area (Å²) in [6.45, 7) is 7.00. The summed E-state index contributed by atoms with van der Waals surface area (Å²) < 4.78 is 0. The van der Waals surface area contributed by atoms with Crippen LogP contribution in [-0.2, 0) is 6.42 Å². The van der Waals surface area contributed by atoms with Gasteiger partial charge in [0.05, 0.1) is 5.60 Å². The van der Waals surface area contributed by atoms with Crippen LogP contribution in [0.1, 0.15) is 50.7 Å². The Balaban J connectivity index is 1.90. The van der Waals surface area contributed by atoms with Crippen molar-refractivity contribution in [3.8, 4) is 0 Å². The zero-order chi connectivity index (χ0) is 13.2. The van der Waals surface area contributed by atoms with Gasteiger partial charge in [-0.3, -0.25) is 0 Å². The van der Waals surface area contributed by atoms with Crippen molar-refractivity contribution < 1.29 is 5.11 Å². The number of nitrogens with one attached hydrogen (secondary N) is 1. The summed E-state index contributed by atoms with van der Waals surface area (Å²) >= 11 is 0. The highest BCUT2D eigenvalue weighted by molar-refractivity contribution is 5.25. The Kier molecular flexibility index (Phi) is 4.08. The number of rotatable bonds is 6. The Morgan fingerprint density at radius 3 is 2.39 bits per heavy atom. The average Bonchev–Trinajstić information content (AvgIpc) is 3.10. The SMILES string of the molecule is CC(C)c1ccc(CC(C)(O)CNC2CC2)cc1. The Morgan fingerprint density at radius 2 is 1.89 bits per heavy atom. The fraction of sp³-hybridized carbons (Fsp3) is 0.625. The molecule has 2 heteroatoms. The molecule has 0 spiro atoms. The second-order valence-corrected chi connectivity index (χ2v) is 6.23. The van der Waals surface area contributed by atoms with E-state index in [4.69, 9.17) is 0 Å². The molecule has 0 amide bonds. The van der Waals surface area contributed by atoms with E-state index in [1.807, 2.05) is 6.92 Å². The molecule has 1 aliphatic rings. The lowest BCUT2D eigenvalue weighted by atomic mass is 9.94. The van der Waals surface area contributed by atoms with Crippen LogP contribution in [0, 0.1) is 0 Å². The van der Waals surface area contributed by atoms with Crippen LogP contribution in [-0.4, -0.2) is 23.3 Å². The molecule has 0 radical (unpaired) electrons. The molecule has 0 bridgehead atoms. The molecule has 1 aromatic carbocycles. The van der Waals surface area contributed by atoms with Gasteiger partial charge < -0.3 is 10.4 Å². The Morgan fingerprint density at radius 1 is 1.28 bits per heavy atom. The van der Waals surface area contributed by atoms with Crippen LogP contribution in [0.2, 0.25) is 0 Å². The van der Waals surface area contributed by atoms with Gasteiger partial charge >= 0.3 is 0 Å². The minimum Gasteiger partial charge on any atom is -0.389 e. The number of benzene rings is 1. The van der Waals surface area contributed by atoms with Crippen LogP contribution >= 0.6 is 0 Å². The standard InChI is InChI=1S/C16H25NO/c1-12(2)14-6-4-13(5-7-14)10-16(3,18)11-17-15-8-9-15/h4-7,12,15,17-18H,8-11H2,1-3H3. The maximum Gasteiger partial charge on any atom is 0.0783 e. The molecule has 2 N–H and O–H groups in total. The molecule has 2 nitrogen and oxygen atoms in total. The lowest BCUT2D eigenvalue weighted by molar-refractivity contribution is 0.0597. The van der Waals surface area contributed by atoms with Gasteiger partial charge in [0.25, 0.3) is 0 Å². The van der Waals surface area contributed by atoms with E-state index >= 15 is 0 Å². The van der Waals surface area contributed by atoms with Crippen molar-refractivity contribution in [1.82, 2.24) is 5.32 Å². The van der Waals surface area contributed by atoms with Crippen molar-refractivity contribution in [3.63, 3.8) is 0 Å². The number of hydrogen-bond acceptors (Lipinski definition) is 2. The first kappa shape index (κ1) is 13.6. The van der Waals surface area contributed by atoms with Crippen LogP contribution < -0.4 is 5.32 Å². The predicted octanol–water partition coefficient (Wildman–Crippen LogP) is 2.86. The molecule has 18 heavy (non-hydrogen) atoms. The lowest BCUT2D eigenvalue weighted by Crippen LogP contribution is -2.40. The predicted molar refractivity (Wildman–Crippen MR) is 75.9 cm³/mol. The van der Waals surface area contributed by atoms with E-state index in [1.165, 1.54) is 24.0 Å². The molecule has 0 aromatic heterocycles. The third-order valence-electron chi connectivity index (χ3n) is 3.58. The van der Waals surface area contributed by atoms with Gasteiger partial charge in [-0.25, -0.2) is 0 Å². The largest absolute Gasteiger partial charge is 0.389 e. The first-order valence-electron chi connectivity index (χ1n) is 7.01.